The predicted octanol–water partition coefficient (Wildman–Crippen LogP) is 1.48. The standard InChI is InChI=1S/C11H18ClNO4/c1-10(2,3)17-9(15)13-11(8(14)6-12)4-5-16-7-11/h4-7H2,1-3H3,(H,13,15). The van der Waals surface area contributed by atoms with Crippen molar-refractivity contribution in [1.82, 2.24) is 5.32 Å². The van der Waals surface area contributed by atoms with E-state index in [-0.39, 0.29) is 18.3 Å². The summed E-state index contributed by atoms with van der Waals surface area (Å²) in [5, 5.41) is 2.58. The van der Waals surface area contributed by atoms with Crippen LogP contribution in [-0.4, -0.2) is 42.1 Å². The van der Waals surface area contributed by atoms with Crippen molar-refractivity contribution in [3.63, 3.8) is 0 Å². The summed E-state index contributed by atoms with van der Waals surface area (Å²) in [7, 11) is 0. The lowest BCUT2D eigenvalue weighted by Gasteiger charge is -2.28. The van der Waals surface area contributed by atoms with Gasteiger partial charge in [0.15, 0.2) is 5.78 Å². The van der Waals surface area contributed by atoms with Gasteiger partial charge in [-0.15, -0.1) is 11.6 Å². The van der Waals surface area contributed by atoms with Gasteiger partial charge in [-0.05, 0) is 20.8 Å². The lowest BCUT2D eigenvalue weighted by Crippen LogP contribution is -2.56. The molecule has 0 aromatic rings. The summed E-state index contributed by atoms with van der Waals surface area (Å²) in [6, 6.07) is 0. The van der Waals surface area contributed by atoms with Crippen LogP contribution in [0.5, 0.6) is 0 Å². The molecule has 0 aromatic heterocycles. The number of alkyl carbamates (subject to hydrolysis) is 1. The molecular formula is C11H18ClNO4. The second-order valence-corrected chi connectivity index (χ2v) is 5.34. The third-order valence-electron chi connectivity index (χ3n) is 2.42. The van der Waals surface area contributed by atoms with Crippen LogP contribution >= 0.6 is 11.6 Å². The topological polar surface area (TPSA) is 64.6 Å². The average Bonchev–Trinajstić information content (AvgIpc) is 2.63. The molecule has 1 fully saturated rings. The molecule has 1 aliphatic heterocycles. The number of ketones is 1. The van der Waals surface area contributed by atoms with E-state index >= 15 is 0 Å². The van der Waals surface area contributed by atoms with Gasteiger partial charge in [-0.3, -0.25) is 4.79 Å². The van der Waals surface area contributed by atoms with Crippen molar-refractivity contribution in [2.45, 2.75) is 38.3 Å². The molecule has 0 aliphatic carbocycles. The normalized spacial score (nSPS) is 24.5. The number of hydrogen-bond acceptors (Lipinski definition) is 4. The molecule has 1 heterocycles. The van der Waals surface area contributed by atoms with Gasteiger partial charge >= 0.3 is 6.09 Å². The third-order valence-corrected chi connectivity index (χ3v) is 2.66. The summed E-state index contributed by atoms with van der Waals surface area (Å²) in [5.74, 6) is -0.401. The number of alkyl halides is 1. The molecule has 0 radical (unpaired) electrons. The molecule has 6 heteroatoms. The van der Waals surface area contributed by atoms with Crippen molar-refractivity contribution in [3.05, 3.63) is 0 Å². The monoisotopic (exact) mass is 263 g/mol. The Morgan fingerprint density at radius 2 is 2.12 bits per heavy atom. The largest absolute Gasteiger partial charge is 0.444 e. The Labute approximate surface area is 106 Å². The number of nitrogens with one attached hydrogen (secondary N) is 1. The van der Waals surface area contributed by atoms with E-state index in [0.717, 1.165) is 0 Å². The van der Waals surface area contributed by atoms with E-state index in [2.05, 4.69) is 5.32 Å². The first-order valence-electron chi connectivity index (χ1n) is 5.47. The number of Topliss-reactive ketones (excluding diaryl/α,β-unsaturated/α-hetero) is 1. The van der Waals surface area contributed by atoms with Gasteiger partial charge in [0.2, 0.25) is 0 Å². The molecule has 0 bridgehead atoms. The van der Waals surface area contributed by atoms with Crippen LogP contribution in [0.3, 0.4) is 0 Å². The summed E-state index contributed by atoms with van der Waals surface area (Å²) in [5.41, 5.74) is -1.63. The minimum Gasteiger partial charge on any atom is -0.444 e. The van der Waals surface area contributed by atoms with Gasteiger partial charge in [0.25, 0.3) is 0 Å². The highest BCUT2D eigenvalue weighted by molar-refractivity contribution is 6.29. The Balaban J connectivity index is 2.68. The van der Waals surface area contributed by atoms with Gasteiger partial charge in [0.1, 0.15) is 11.1 Å². The molecule has 0 saturated carbocycles. The zero-order chi connectivity index (χ0) is 13.1. The van der Waals surface area contributed by atoms with Crippen LogP contribution < -0.4 is 5.32 Å². The van der Waals surface area contributed by atoms with E-state index < -0.39 is 17.2 Å². The van der Waals surface area contributed by atoms with E-state index in [1.54, 1.807) is 20.8 Å². The first-order valence-corrected chi connectivity index (χ1v) is 6.01. The number of carbonyl (C=O) groups is 2. The Morgan fingerprint density at radius 1 is 1.47 bits per heavy atom. The molecule has 1 aliphatic rings. The highest BCUT2D eigenvalue weighted by Gasteiger charge is 2.43. The quantitative estimate of drug-likeness (QED) is 0.784. The lowest BCUT2D eigenvalue weighted by atomic mass is 9.94. The van der Waals surface area contributed by atoms with Crippen LogP contribution in [0.1, 0.15) is 27.2 Å². The Hall–Kier alpha value is -0.810. The summed E-state index contributed by atoms with van der Waals surface area (Å²) < 4.78 is 10.3. The van der Waals surface area contributed by atoms with Crippen molar-refractivity contribution in [2.75, 3.05) is 19.1 Å². The number of carbonyl (C=O) groups excluding carboxylic acids is 2. The van der Waals surface area contributed by atoms with Crippen molar-refractivity contribution in [2.24, 2.45) is 0 Å². The van der Waals surface area contributed by atoms with Crippen molar-refractivity contribution in [3.8, 4) is 0 Å². The van der Waals surface area contributed by atoms with Crippen LogP contribution in [-0.2, 0) is 14.3 Å². The van der Waals surface area contributed by atoms with E-state index in [1.165, 1.54) is 0 Å². The van der Waals surface area contributed by atoms with Crippen molar-refractivity contribution < 1.29 is 19.1 Å². The number of ether oxygens (including phenoxy) is 2. The van der Waals surface area contributed by atoms with Crippen molar-refractivity contribution in [1.29, 1.82) is 0 Å². The van der Waals surface area contributed by atoms with Gasteiger partial charge in [0, 0.05) is 13.0 Å². The Kier molecular flexibility index (Phi) is 4.38. The summed E-state index contributed by atoms with van der Waals surface area (Å²) in [6.45, 7) is 5.85. The van der Waals surface area contributed by atoms with Gasteiger partial charge in [-0.2, -0.15) is 0 Å². The molecule has 1 saturated heterocycles. The number of halogens is 1. The van der Waals surface area contributed by atoms with E-state index in [0.29, 0.717) is 13.0 Å². The molecule has 98 valence electrons. The maximum Gasteiger partial charge on any atom is 0.408 e. The van der Waals surface area contributed by atoms with Gasteiger partial charge in [-0.1, -0.05) is 0 Å². The fourth-order valence-electron chi connectivity index (χ4n) is 1.58. The highest BCUT2D eigenvalue weighted by atomic mass is 35.5. The molecule has 1 atom stereocenters. The minimum atomic E-state index is -1.02. The summed E-state index contributed by atoms with van der Waals surface area (Å²) >= 11 is 5.54. The zero-order valence-corrected chi connectivity index (χ0v) is 11.1. The molecule has 0 spiro atoms. The smallest absolute Gasteiger partial charge is 0.408 e. The molecule has 1 N–H and O–H groups in total. The molecule has 17 heavy (non-hydrogen) atoms. The average molecular weight is 264 g/mol. The Morgan fingerprint density at radius 3 is 2.53 bits per heavy atom. The second-order valence-electron chi connectivity index (χ2n) is 5.07. The fourth-order valence-corrected chi connectivity index (χ4v) is 1.84. The van der Waals surface area contributed by atoms with Gasteiger partial charge in [0.05, 0.1) is 12.5 Å². The van der Waals surface area contributed by atoms with Gasteiger partial charge in [-0.25, -0.2) is 4.79 Å². The van der Waals surface area contributed by atoms with Crippen LogP contribution in [0, 0.1) is 0 Å². The molecule has 1 rings (SSSR count). The predicted molar refractivity (Wildman–Crippen MR) is 63.3 cm³/mol. The van der Waals surface area contributed by atoms with Gasteiger partial charge < -0.3 is 14.8 Å². The molecule has 1 unspecified atom stereocenters. The number of amides is 1. The fraction of sp³-hybridized carbons (Fsp3) is 0.818. The maximum atomic E-state index is 11.8. The minimum absolute atomic E-state index is 0.151. The number of hydrogen-bond donors (Lipinski definition) is 1. The van der Waals surface area contributed by atoms with E-state index in [1.807, 2.05) is 0 Å². The number of rotatable bonds is 3. The molecule has 0 aromatic carbocycles. The van der Waals surface area contributed by atoms with Crippen LogP contribution in [0.15, 0.2) is 0 Å². The summed E-state index contributed by atoms with van der Waals surface area (Å²) in [6.07, 6.45) is -0.195. The van der Waals surface area contributed by atoms with Crippen LogP contribution in [0.2, 0.25) is 0 Å². The lowest BCUT2D eigenvalue weighted by molar-refractivity contribution is -0.123. The van der Waals surface area contributed by atoms with E-state index in [9.17, 15) is 9.59 Å². The third kappa shape index (κ3) is 3.85. The second kappa shape index (κ2) is 5.23. The van der Waals surface area contributed by atoms with Crippen LogP contribution in [0.25, 0.3) is 0 Å². The highest BCUT2D eigenvalue weighted by Crippen LogP contribution is 2.21. The molecule has 5 nitrogen and oxygen atoms in total. The van der Waals surface area contributed by atoms with E-state index in [4.69, 9.17) is 21.1 Å². The van der Waals surface area contributed by atoms with Crippen molar-refractivity contribution >= 4 is 23.5 Å². The Bertz CT molecular complexity index is 305. The first kappa shape index (κ1) is 14.3. The molecular weight excluding hydrogens is 246 g/mol. The summed E-state index contributed by atoms with van der Waals surface area (Å²) in [4.78, 5) is 23.4. The van der Waals surface area contributed by atoms with Crippen LogP contribution in [0.4, 0.5) is 4.79 Å². The SMILES string of the molecule is CC(C)(C)OC(=O)NC1(C(=O)CCl)CCOC1. The zero-order valence-electron chi connectivity index (χ0n) is 10.3. The maximum absolute atomic E-state index is 11.8. The first-order chi connectivity index (χ1) is 7.79. The molecule has 1 amide bonds.